The van der Waals surface area contributed by atoms with E-state index in [0.29, 0.717) is 5.56 Å². The van der Waals surface area contributed by atoms with E-state index in [1.54, 1.807) is 0 Å². The van der Waals surface area contributed by atoms with Crippen LogP contribution < -0.4 is 0 Å². The summed E-state index contributed by atoms with van der Waals surface area (Å²) in [6, 6.07) is 51.4. The van der Waals surface area contributed by atoms with Gasteiger partial charge in [0.2, 0.25) is 0 Å². The van der Waals surface area contributed by atoms with Gasteiger partial charge in [0.15, 0.2) is 0 Å². The average molecular weight is 546 g/mol. The lowest BCUT2D eigenvalue weighted by Crippen LogP contribution is -1.94. The van der Waals surface area contributed by atoms with Crippen LogP contribution in [0.4, 0.5) is 0 Å². The Hall–Kier alpha value is -5.98. The largest absolute Gasteiger partial charge is 0.309 e. The van der Waals surface area contributed by atoms with E-state index in [9.17, 15) is 5.26 Å². The fourth-order valence-electron chi connectivity index (χ4n) is 6.83. The van der Waals surface area contributed by atoms with Gasteiger partial charge < -0.3 is 4.57 Å². The second-order valence-corrected chi connectivity index (χ2v) is 11.1. The molecule has 2 heterocycles. The molecule has 3 nitrogen and oxygen atoms in total. The van der Waals surface area contributed by atoms with Crippen molar-refractivity contribution in [3.63, 3.8) is 0 Å². The van der Waals surface area contributed by atoms with Crippen LogP contribution in [0.25, 0.3) is 82.0 Å². The summed E-state index contributed by atoms with van der Waals surface area (Å²) in [5.74, 6) is 0. The Morgan fingerprint density at radius 3 is 1.72 bits per heavy atom. The van der Waals surface area contributed by atoms with Crippen LogP contribution in [0.3, 0.4) is 0 Å². The Bertz CT molecular complexity index is 2530. The first kappa shape index (κ1) is 23.7. The molecule has 0 spiro atoms. The molecule has 9 rings (SSSR count). The third kappa shape index (κ3) is 3.44. The van der Waals surface area contributed by atoms with Crippen molar-refractivity contribution >= 4 is 65.2 Å². The van der Waals surface area contributed by atoms with Crippen molar-refractivity contribution in [3.05, 3.63) is 145 Å². The first-order valence-corrected chi connectivity index (χ1v) is 14.5. The van der Waals surface area contributed by atoms with E-state index < -0.39 is 0 Å². The molecule has 0 saturated carbocycles. The fraction of sp³-hybridized carbons (Fsp3) is 0. The predicted octanol–water partition coefficient (Wildman–Crippen LogP) is 10.3. The second-order valence-electron chi connectivity index (χ2n) is 11.1. The van der Waals surface area contributed by atoms with Crippen molar-refractivity contribution in [2.75, 3.05) is 0 Å². The summed E-state index contributed by atoms with van der Waals surface area (Å²) in [6.07, 6.45) is 0. The lowest BCUT2D eigenvalue weighted by molar-refractivity contribution is 1.18. The molecule has 0 amide bonds. The van der Waals surface area contributed by atoms with Crippen LogP contribution in [0, 0.1) is 11.3 Å². The summed E-state index contributed by atoms with van der Waals surface area (Å²) >= 11 is 0. The summed E-state index contributed by atoms with van der Waals surface area (Å²) in [4.78, 5) is 5.36. The van der Waals surface area contributed by atoms with E-state index in [2.05, 4.69) is 132 Å². The first-order chi connectivity index (χ1) is 21.3. The quantitative estimate of drug-likeness (QED) is 0.160. The van der Waals surface area contributed by atoms with E-state index in [1.807, 2.05) is 18.2 Å². The molecular weight excluding hydrogens is 522 g/mol. The van der Waals surface area contributed by atoms with Gasteiger partial charge in [-0.1, -0.05) is 97.1 Å². The Labute approximate surface area is 247 Å². The topological polar surface area (TPSA) is 41.6 Å². The van der Waals surface area contributed by atoms with Crippen molar-refractivity contribution < 1.29 is 0 Å². The number of hydrogen-bond donors (Lipinski definition) is 0. The second kappa shape index (κ2) is 9.01. The van der Waals surface area contributed by atoms with Gasteiger partial charge in [-0.25, -0.2) is 4.98 Å². The Morgan fingerprint density at radius 2 is 1.07 bits per heavy atom. The van der Waals surface area contributed by atoms with Gasteiger partial charge >= 0.3 is 0 Å². The third-order valence-corrected chi connectivity index (χ3v) is 8.76. The van der Waals surface area contributed by atoms with E-state index >= 15 is 0 Å². The monoisotopic (exact) mass is 545 g/mol. The standard InChI is InChI=1S/C40H23N3/c41-24-25-14-20-36-34(22-25)35-23-28(17-21-37(35)43(36)29-10-2-1-3-11-29)38-32-18-15-26-8-4-6-12-30(26)39(32)42-40-31-13-7-5-9-27(31)16-19-33(38)40/h1-23H. The molecular formula is C40H23N3. The maximum Gasteiger partial charge on any atom is 0.0991 e. The number of rotatable bonds is 2. The molecule has 0 atom stereocenters. The minimum absolute atomic E-state index is 0.655. The molecule has 0 aliphatic carbocycles. The highest BCUT2D eigenvalue weighted by molar-refractivity contribution is 6.22. The summed E-state index contributed by atoms with van der Waals surface area (Å²) < 4.78 is 2.29. The molecule has 0 aliphatic rings. The third-order valence-electron chi connectivity index (χ3n) is 8.76. The van der Waals surface area contributed by atoms with Gasteiger partial charge in [0, 0.05) is 43.6 Å². The van der Waals surface area contributed by atoms with Gasteiger partial charge in [-0.2, -0.15) is 5.26 Å². The highest BCUT2D eigenvalue weighted by Crippen LogP contribution is 2.42. The number of hydrogen-bond acceptors (Lipinski definition) is 2. The molecule has 7 aromatic carbocycles. The van der Waals surface area contributed by atoms with Crippen LogP contribution in [-0.2, 0) is 0 Å². The molecule has 198 valence electrons. The van der Waals surface area contributed by atoms with Crippen molar-refractivity contribution in [1.82, 2.24) is 9.55 Å². The van der Waals surface area contributed by atoms with Crippen LogP contribution in [0.1, 0.15) is 5.56 Å². The maximum atomic E-state index is 9.77. The number of benzene rings is 7. The molecule has 0 radical (unpaired) electrons. The van der Waals surface area contributed by atoms with Crippen molar-refractivity contribution in [3.8, 4) is 22.9 Å². The first-order valence-electron chi connectivity index (χ1n) is 14.5. The zero-order valence-corrected chi connectivity index (χ0v) is 23.1. The number of para-hydroxylation sites is 1. The smallest absolute Gasteiger partial charge is 0.0991 e. The van der Waals surface area contributed by atoms with E-state index in [1.165, 1.54) is 16.3 Å². The molecule has 0 bridgehead atoms. The van der Waals surface area contributed by atoms with Crippen molar-refractivity contribution in [2.24, 2.45) is 0 Å². The van der Waals surface area contributed by atoms with Gasteiger partial charge in [0.25, 0.3) is 0 Å². The van der Waals surface area contributed by atoms with Crippen LogP contribution in [-0.4, -0.2) is 9.55 Å². The minimum Gasteiger partial charge on any atom is -0.309 e. The molecule has 0 unspecified atom stereocenters. The summed E-state index contributed by atoms with van der Waals surface area (Å²) in [5.41, 5.74) is 8.27. The van der Waals surface area contributed by atoms with Crippen molar-refractivity contribution in [1.29, 1.82) is 5.26 Å². The predicted molar refractivity (Wildman–Crippen MR) is 179 cm³/mol. The molecule has 0 fully saturated rings. The number of nitrogens with zero attached hydrogens (tertiary/aromatic N) is 3. The van der Waals surface area contributed by atoms with Crippen LogP contribution >= 0.6 is 0 Å². The number of fused-ring (bicyclic) bond motifs is 9. The molecule has 3 heteroatoms. The lowest BCUT2D eigenvalue weighted by atomic mass is 9.92. The summed E-state index contributed by atoms with van der Waals surface area (Å²) in [7, 11) is 0. The fourth-order valence-corrected chi connectivity index (χ4v) is 6.83. The van der Waals surface area contributed by atoms with Gasteiger partial charge in [-0.3, -0.25) is 0 Å². The Morgan fingerprint density at radius 1 is 0.488 bits per heavy atom. The maximum absolute atomic E-state index is 9.77. The normalized spacial score (nSPS) is 11.7. The van der Waals surface area contributed by atoms with E-state index in [4.69, 9.17) is 4.98 Å². The molecule has 43 heavy (non-hydrogen) atoms. The SMILES string of the molecule is N#Cc1ccc2c(c1)c1cc(-c3c4ccc5ccccc5c4nc4c3ccc3ccccc34)ccc1n2-c1ccccc1. The molecule has 0 N–H and O–H groups in total. The van der Waals surface area contributed by atoms with Crippen LogP contribution in [0.2, 0.25) is 0 Å². The highest BCUT2D eigenvalue weighted by atomic mass is 15.0. The molecule has 2 aromatic heterocycles. The van der Waals surface area contributed by atoms with E-state index in [0.717, 1.165) is 65.6 Å². The average Bonchev–Trinajstić information content (AvgIpc) is 3.40. The number of nitriles is 1. The zero-order chi connectivity index (χ0) is 28.5. The van der Waals surface area contributed by atoms with E-state index in [-0.39, 0.29) is 0 Å². The summed E-state index contributed by atoms with van der Waals surface area (Å²) in [6.45, 7) is 0. The summed E-state index contributed by atoms with van der Waals surface area (Å²) in [5, 5.41) is 18.9. The van der Waals surface area contributed by atoms with Gasteiger partial charge in [-0.15, -0.1) is 0 Å². The van der Waals surface area contributed by atoms with Crippen molar-refractivity contribution in [2.45, 2.75) is 0 Å². The number of pyridine rings is 1. The number of aromatic nitrogens is 2. The van der Waals surface area contributed by atoms with Gasteiger partial charge in [0.1, 0.15) is 0 Å². The highest BCUT2D eigenvalue weighted by Gasteiger charge is 2.18. The Balaban J connectivity index is 1.44. The molecule has 0 saturated heterocycles. The van der Waals surface area contributed by atoms with Gasteiger partial charge in [0.05, 0.1) is 33.7 Å². The van der Waals surface area contributed by atoms with Crippen LogP contribution in [0.5, 0.6) is 0 Å². The molecule has 9 aromatic rings. The minimum atomic E-state index is 0.655. The Kier molecular flexibility index (Phi) is 4.97. The molecule has 0 aliphatic heterocycles. The van der Waals surface area contributed by atoms with Crippen LogP contribution in [0.15, 0.2) is 140 Å². The lowest BCUT2D eigenvalue weighted by Gasteiger charge is -2.15. The van der Waals surface area contributed by atoms with Gasteiger partial charge in [-0.05, 0) is 58.8 Å². The zero-order valence-electron chi connectivity index (χ0n) is 23.1.